The second kappa shape index (κ2) is 6.55. The van der Waals surface area contributed by atoms with E-state index >= 15 is 0 Å². The van der Waals surface area contributed by atoms with E-state index in [0.717, 1.165) is 6.42 Å². The minimum absolute atomic E-state index is 0.136. The Balaban J connectivity index is 3.07. The van der Waals surface area contributed by atoms with Gasteiger partial charge in [-0.2, -0.15) is 0 Å². The number of carbonyl (C=O) groups is 1. The fraction of sp³-hybridized carbons (Fsp3) is 0.500. The van der Waals surface area contributed by atoms with E-state index in [1.54, 1.807) is 26.0 Å². The number of nitrogens with one attached hydrogen (secondary N) is 2. The molecular weight excluding hydrogens is 290 g/mol. The summed E-state index contributed by atoms with van der Waals surface area (Å²) in [6.45, 7) is 5.30. The van der Waals surface area contributed by atoms with Gasteiger partial charge in [-0.15, -0.1) is 0 Å². The van der Waals surface area contributed by atoms with Crippen molar-refractivity contribution in [1.82, 2.24) is 4.72 Å². The largest absolute Gasteiger partial charge is 0.324 e. The first-order valence-corrected chi connectivity index (χ1v) is 8.27. The van der Waals surface area contributed by atoms with Crippen LogP contribution in [0, 0.1) is 6.92 Å². The van der Waals surface area contributed by atoms with E-state index in [4.69, 9.17) is 5.73 Å². The van der Waals surface area contributed by atoms with Crippen LogP contribution in [0.15, 0.2) is 23.1 Å². The standard InChI is InChI=1S/C14H23N3O3S/c1-5-8-14(3,15)13(18)17-11-7-6-10(2)12(9-11)21(19,20)16-4/h6-7,9,16H,5,8,15H2,1-4H3,(H,17,18). The Morgan fingerprint density at radius 3 is 2.52 bits per heavy atom. The molecule has 7 heteroatoms. The van der Waals surface area contributed by atoms with Crippen molar-refractivity contribution < 1.29 is 13.2 Å². The Labute approximate surface area is 126 Å². The Morgan fingerprint density at radius 1 is 1.38 bits per heavy atom. The van der Waals surface area contributed by atoms with Crippen molar-refractivity contribution in [2.24, 2.45) is 5.73 Å². The molecule has 118 valence electrons. The van der Waals surface area contributed by atoms with Gasteiger partial charge in [0.25, 0.3) is 0 Å². The molecule has 4 N–H and O–H groups in total. The van der Waals surface area contributed by atoms with Crippen molar-refractivity contribution in [3.05, 3.63) is 23.8 Å². The molecule has 0 aliphatic rings. The van der Waals surface area contributed by atoms with Crippen LogP contribution in [0.3, 0.4) is 0 Å². The third-order valence-corrected chi connectivity index (χ3v) is 4.85. The molecule has 0 heterocycles. The van der Waals surface area contributed by atoms with Gasteiger partial charge < -0.3 is 11.1 Å². The average Bonchev–Trinajstić information content (AvgIpc) is 2.40. The Morgan fingerprint density at radius 2 is 2.00 bits per heavy atom. The monoisotopic (exact) mass is 313 g/mol. The van der Waals surface area contributed by atoms with Gasteiger partial charge >= 0.3 is 0 Å². The Hall–Kier alpha value is -1.44. The first-order chi connectivity index (χ1) is 9.64. The van der Waals surface area contributed by atoms with Gasteiger partial charge in [-0.3, -0.25) is 4.79 Å². The predicted molar refractivity (Wildman–Crippen MR) is 83.6 cm³/mol. The van der Waals surface area contributed by atoms with Gasteiger partial charge in [0.2, 0.25) is 15.9 Å². The molecule has 0 spiro atoms. The number of sulfonamides is 1. The zero-order valence-electron chi connectivity index (χ0n) is 12.9. The predicted octanol–water partition coefficient (Wildman–Crippen LogP) is 1.36. The molecule has 0 saturated heterocycles. The molecule has 0 radical (unpaired) electrons. The van der Waals surface area contributed by atoms with Crippen LogP contribution in [0.25, 0.3) is 0 Å². The van der Waals surface area contributed by atoms with Crippen molar-refractivity contribution in [3.63, 3.8) is 0 Å². The van der Waals surface area contributed by atoms with Crippen LogP contribution < -0.4 is 15.8 Å². The maximum Gasteiger partial charge on any atom is 0.244 e. The molecule has 1 aromatic carbocycles. The van der Waals surface area contributed by atoms with E-state index in [9.17, 15) is 13.2 Å². The molecule has 21 heavy (non-hydrogen) atoms. The third-order valence-electron chi connectivity index (χ3n) is 3.29. The van der Waals surface area contributed by atoms with Crippen LogP contribution in [0.2, 0.25) is 0 Å². The lowest BCUT2D eigenvalue weighted by molar-refractivity contribution is -0.120. The minimum atomic E-state index is -3.57. The lowest BCUT2D eigenvalue weighted by Crippen LogP contribution is -2.48. The fourth-order valence-electron chi connectivity index (χ4n) is 1.98. The molecule has 0 aliphatic carbocycles. The molecule has 1 rings (SSSR count). The van der Waals surface area contributed by atoms with Crippen LogP contribution in [0.4, 0.5) is 5.69 Å². The number of hydrogen-bond donors (Lipinski definition) is 3. The van der Waals surface area contributed by atoms with Crippen molar-refractivity contribution in [2.45, 2.75) is 44.0 Å². The minimum Gasteiger partial charge on any atom is -0.324 e. The van der Waals surface area contributed by atoms with Gasteiger partial charge in [-0.25, -0.2) is 13.1 Å². The molecular formula is C14H23N3O3S. The van der Waals surface area contributed by atoms with Crippen LogP contribution in [-0.2, 0) is 14.8 Å². The van der Waals surface area contributed by atoms with Gasteiger partial charge in [-0.1, -0.05) is 19.4 Å². The molecule has 1 atom stereocenters. The molecule has 1 unspecified atom stereocenters. The maximum absolute atomic E-state index is 12.1. The number of anilines is 1. The summed E-state index contributed by atoms with van der Waals surface area (Å²) in [5.41, 5.74) is 5.98. The van der Waals surface area contributed by atoms with Gasteiger partial charge in [0, 0.05) is 5.69 Å². The zero-order chi connectivity index (χ0) is 16.3. The molecule has 0 aliphatic heterocycles. The van der Waals surface area contributed by atoms with E-state index in [2.05, 4.69) is 10.0 Å². The molecule has 0 saturated carbocycles. The zero-order valence-corrected chi connectivity index (χ0v) is 13.7. The first kappa shape index (κ1) is 17.6. The number of aryl methyl sites for hydroxylation is 1. The van der Waals surface area contributed by atoms with Crippen LogP contribution in [0.1, 0.15) is 32.3 Å². The van der Waals surface area contributed by atoms with E-state index in [1.807, 2.05) is 6.92 Å². The van der Waals surface area contributed by atoms with E-state index in [0.29, 0.717) is 17.7 Å². The summed E-state index contributed by atoms with van der Waals surface area (Å²) < 4.78 is 26.1. The number of hydrogen-bond acceptors (Lipinski definition) is 4. The van der Waals surface area contributed by atoms with Gasteiger partial charge in [0.05, 0.1) is 10.4 Å². The number of carbonyl (C=O) groups excluding carboxylic acids is 1. The third kappa shape index (κ3) is 4.26. The molecule has 0 fully saturated rings. The average molecular weight is 313 g/mol. The Kier molecular flexibility index (Phi) is 5.49. The number of nitrogens with two attached hydrogens (primary N) is 1. The highest BCUT2D eigenvalue weighted by Gasteiger charge is 2.27. The summed E-state index contributed by atoms with van der Waals surface area (Å²) >= 11 is 0. The fourth-order valence-corrected chi connectivity index (χ4v) is 2.98. The lowest BCUT2D eigenvalue weighted by Gasteiger charge is -2.23. The van der Waals surface area contributed by atoms with Crippen LogP contribution in [0.5, 0.6) is 0 Å². The first-order valence-electron chi connectivity index (χ1n) is 6.78. The summed E-state index contributed by atoms with van der Waals surface area (Å²) in [7, 11) is -2.22. The number of amides is 1. The summed E-state index contributed by atoms with van der Waals surface area (Å²) in [6.07, 6.45) is 1.33. The van der Waals surface area contributed by atoms with Crippen molar-refractivity contribution in [1.29, 1.82) is 0 Å². The van der Waals surface area contributed by atoms with E-state index in [1.165, 1.54) is 13.1 Å². The highest BCUT2D eigenvalue weighted by atomic mass is 32.2. The van der Waals surface area contributed by atoms with Gasteiger partial charge in [-0.05, 0) is 45.0 Å². The van der Waals surface area contributed by atoms with E-state index in [-0.39, 0.29) is 10.8 Å². The smallest absolute Gasteiger partial charge is 0.244 e. The second-order valence-electron chi connectivity index (χ2n) is 5.31. The number of benzene rings is 1. The van der Waals surface area contributed by atoms with Crippen molar-refractivity contribution >= 4 is 21.6 Å². The highest BCUT2D eigenvalue weighted by molar-refractivity contribution is 7.89. The SMILES string of the molecule is CCCC(C)(N)C(=O)Nc1ccc(C)c(S(=O)(=O)NC)c1. The van der Waals surface area contributed by atoms with Gasteiger partial charge in [0.1, 0.15) is 0 Å². The van der Waals surface area contributed by atoms with Gasteiger partial charge in [0.15, 0.2) is 0 Å². The van der Waals surface area contributed by atoms with Crippen LogP contribution >= 0.6 is 0 Å². The molecule has 0 aromatic heterocycles. The molecule has 1 amide bonds. The molecule has 0 bridgehead atoms. The second-order valence-corrected chi connectivity index (χ2v) is 7.16. The summed E-state index contributed by atoms with van der Waals surface area (Å²) in [5.74, 6) is -0.332. The quantitative estimate of drug-likeness (QED) is 0.738. The number of rotatable bonds is 6. The van der Waals surface area contributed by atoms with Crippen molar-refractivity contribution in [3.8, 4) is 0 Å². The maximum atomic E-state index is 12.1. The van der Waals surface area contributed by atoms with Crippen molar-refractivity contribution in [2.75, 3.05) is 12.4 Å². The highest BCUT2D eigenvalue weighted by Crippen LogP contribution is 2.21. The normalized spacial score (nSPS) is 14.5. The topological polar surface area (TPSA) is 101 Å². The summed E-state index contributed by atoms with van der Waals surface area (Å²) in [6, 6.07) is 4.73. The Bertz CT molecular complexity index is 624. The molecule has 1 aromatic rings. The van der Waals surface area contributed by atoms with E-state index < -0.39 is 15.6 Å². The van der Waals surface area contributed by atoms with Crippen LogP contribution in [-0.4, -0.2) is 26.9 Å². The lowest BCUT2D eigenvalue weighted by atomic mass is 9.96. The summed E-state index contributed by atoms with van der Waals surface area (Å²) in [4.78, 5) is 12.3. The molecule has 6 nitrogen and oxygen atoms in total. The summed E-state index contributed by atoms with van der Waals surface area (Å²) in [5, 5.41) is 2.67.